The molecular formula is C19H19F3N2O3. The molecule has 0 aliphatic rings. The van der Waals surface area contributed by atoms with Crippen molar-refractivity contribution in [2.24, 2.45) is 5.73 Å². The van der Waals surface area contributed by atoms with Gasteiger partial charge < -0.3 is 20.5 Å². The Hall–Kier alpha value is -3.00. The molecule has 0 radical (unpaired) electrons. The normalized spacial score (nSPS) is 11.4. The first-order valence-electron chi connectivity index (χ1n) is 8.00. The number of nitrogens with one attached hydrogen (secondary N) is 1. The van der Waals surface area contributed by atoms with E-state index in [0.29, 0.717) is 35.9 Å². The van der Waals surface area contributed by atoms with E-state index in [0.717, 1.165) is 12.1 Å². The molecule has 2 rings (SSSR count). The lowest BCUT2D eigenvalue weighted by atomic mass is 10.1. The fourth-order valence-electron chi connectivity index (χ4n) is 2.17. The summed E-state index contributed by atoms with van der Waals surface area (Å²) >= 11 is 0. The lowest BCUT2D eigenvalue weighted by Gasteiger charge is -2.11. The van der Waals surface area contributed by atoms with Crippen LogP contribution in [0.1, 0.15) is 11.1 Å². The van der Waals surface area contributed by atoms with E-state index in [2.05, 4.69) is 5.32 Å². The van der Waals surface area contributed by atoms with Crippen molar-refractivity contribution in [2.45, 2.75) is 6.18 Å². The molecule has 0 heterocycles. The highest BCUT2D eigenvalue weighted by atomic mass is 19.4. The predicted molar refractivity (Wildman–Crippen MR) is 96.7 cm³/mol. The van der Waals surface area contributed by atoms with Crippen molar-refractivity contribution in [1.82, 2.24) is 0 Å². The van der Waals surface area contributed by atoms with Crippen LogP contribution in [0, 0.1) is 0 Å². The Morgan fingerprint density at radius 2 is 1.85 bits per heavy atom. The summed E-state index contributed by atoms with van der Waals surface area (Å²) in [5.41, 5.74) is 5.60. The van der Waals surface area contributed by atoms with Crippen molar-refractivity contribution < 1.29 is 27.4 Å². The van der Waals surface area contributed by atoms with E-state index in [1.165, 1.54) is 31.4 Å². The van der Waals surface area contributed by atoms with Crippen LogP contribution >= 0.6 is 0 Å². The molecule has 2 aromatic carbocycles. The second-order valence-electron chi connectivity index (χ2n) is 5.45. The highest BCUT2D eigenvalue weighted by molar-refractivity contribution is 6.02. The van der Waals surface area contributed by atoms with Gasteiger partial charge >= 0.3 is 6.18 Å². The van der Waals surface area contributed by atoms with E-state index in [4.69, 9.17) is 15.2 Å². The zero-order valence-electron chi connectivity index (χ0n) is 14.5. The van der Waals surface area contributed by atoms with Gasteiger partial charge in [-0.3, -0.25) is 4.79 Å². The number of ether oxygens (including phenoxy) is 2. The molecule has 0 spiro atoms. The number of halogens is 3. The smallest absolute Gasteiger partial charge is 0.416 e. The van der Waals surface area contributed by atoms with Crippen molar-refractivity contribution in [3.05, 3.63) is 59.7 Å². The third-order valence-electron chi connectivity index (χ3n) is 3.47. The van der Waals surface area contributed by atoms with Gasteiger partial charge in [-0.25, -0.2) is 0 Å². The fraction of sp³-hybridized carbons (Fsp3) is 0.211. The van der Waals surface area contributed by atoms with Gasteiger partial charge in [-0.1, -0.05) is 12.1 Å². The zero-order chi connectivity index (χ0) is 19.9. The Morgan fingerprint density at radius 3 is 2.44 bits per heavy atom. The van der Waals surface area contributed by atoms with E-state index in [-0.39, 0.29) is 0 Å². The molecule has 2 aromatic rings. The molecule has 8 heteroatoms. The van der Waals surface area contributed by atoms with Gasteiger partial charge in [-0.2, -0.15) is 13.2 Å². The molecule has 0 saturated carbocycles. The number of hydrogen-bond donors (Lipinski definition) is 2. The summed E-state index contributed by atoms with van der Waals surface area (Å²) < 4.78 is 48.2. The van der Waals surface area contributed by atoms with Crippen LogP contribution in [0.4, 0.5) is 18.9 Å². The average molecular weight is 380 g/mol. The van der Waals surface area contributed by atoms with Gasteiger partial charge in [0.1, 0.15) is 6.61 Å². The van der Waals surface area contributed by atoms with Crippen LogP contribution in [0.15, 0.2) is 48.5 Å². The Bertz CT molecular complexity index is 803. The standard InChI is InChI=1S/C19H19F3N2O3/c1-26-17-12-15(7-8-16(17)27-11-10-23)24-18(25)9-4-13-2-5-14(6-3-13)19(20,21)22/h2-9,12H,10-11,23H2,1H3,(H,24,25)/b9-4+. The molecule has 0 aliphatic carbocycles. The van der Waals surface area contributed by atoms with E-state index in [9.17, 15) is 18.0 Å². The molecule has 144 valence electrons. The summed E-state index contributed by atoms with van der Waals surface area (Å²) in [5, 5.41) is 2.64. The molecule has 0 atom stereocenters. The third kappa shape index (κ3) is 6.03. The van der Waals surface area contributed by atoms with Crippen LogP contribution in [0.5, 0.6) is 11.5 Å². The van der Waals surface area contributed by atoms with Crippen molar-refractivity contribution in [1.29, 1.82) is 0 Å². The molecule has 0 aromatic heterocycles. The number of benzene rings is 2. The van der Waals surface area contributed by atoms with Crippen molar-refractivity contribution >= 4 is 17.7 Å². The van der Waals surface area contributed by atoms with Gasteiger partial charge in [-0.15, -0.1) is 0 Å². The zero-order valence-corrected chi connectivity index (χ0v) is 14.5. The first kappa shape index (κ1) is 20.3. The van der Waals surface area contributed by atoms with Gasteiger partial charge in [0.25, 0.3) is 0 Å². The Morgan fingerprint density at radius 1 is 1.15 bits per heavy atom. The number of alkyl halides is 3. The summed E-state index contributed by atoms with van der Waals surface area (Å²) in [6.07, 6.45) is -1.74. The van der Waals surface area contributed by atoms with Crippen LogP contribution < -0.4 is 20.5 Å². The molecule has 1 amide bonds. The number of nitrogens with two attached hydrogens (primary N) is 1. The second-order valence-corrected chi connectivity index (χ2v) is 5.45. The number of rotatable bonds is 7. The molecule has 5 nitrogen and oxygen atoms in total. The van der Waals surface area contributed by atoms with Gasteiger partial charge in [-0.05, 0) is 35.9 Å². The maximum absolute atomic E-state index is 12.5. The fourth-order valence-corrected chi connectivity index (χ4v) is 2.17. The maximum Gasteiger partial charge on any atom is 0.416 e. The SMILES string of the molecule is COc1cc(NC(=O)/C=C/c2ccc(C(F)(F)F)cc2)ccc1OCCN. The van der Waals surface area contributed by atoms with Crippen LogP contribution in [0.25, 0.3) is 6.08 Å². The van der Waals surface area contributed by atoms with Crippen molar-refractivity contribution in [3.8, 4) is 11.5 Å². The highest BCUT2D eigenvalue weighted by Crippen LogP contribution is 2.30. The first-order chi connectivity index (χ1) is 12.8. The number of methoxy groups -OCH3 is 1. The molecule has 0 aliphatic heterocycles. The first-order valence-corrected chi connectivity index (χ1v) is 8.00. The topological polar surface area (TPSA) is 73.6 Å². The van der Waals surface area contributed by atoms with Gasteiger partial charge in [0, 0.05) is 24.4 Å². The minimum absolute atomic E-state index is 0.331. The van der Waals surface area contributed by atoms with E-state index in [1.807, 2.05) is 0 Å². The largest absolute Gasteiger partial charge is 0.493 e. The molecule has 0 bridgehead atoms. The quantitative estimate of drug-likeness (QED) is 0.719. The maximum atomic E-state index is 12.5. The minimum Gasteiger partial charge on any atom is -0.493 e. The molecule has 0 unspecified atom stereocenters. The van der Waals surface area contributed by atoms with Crippen molar-refractivity contribution in [2.75, 3.05) is 25.6 Å². The molecule has 3 N–H and O–H groups in total. The van der Waals surface area contributed by atoms with E-state index < -0.39 is 17.6 Å². The van der Waals surface area contributed by atoms with Crippen molar-refractivity contribution in [3.63, 3.8) is 0 Å². The minimum atomic E-state index is -4.39. The lowest BCUT2D eigenvalue weighted by molar-refractivity contribution is -0.137. The monoisotopic (exact) mass is 380 g/mol. The number of carbonyl (C=O) groups excluding carboxylic acids is 1. The molecular weight excluding hydrogens is 361 g/mol. The Balaban J connectivity index is 2.01. The third-order valence-corrected chi connectivity index (χ3v) is 3.47. The molecule has 0 fully saturated rings. The second kappa shape index (κ2) is 9.09. The summed E-state index contributed by atoms with van der Waals surface area (Å²) in [7, 11) is 1.47. The Kier molecular flexibility index (Phi) is 6.84. The van der Waals surface area contributed by atoms with Crippen LogP contribution in [0.3, 0.4) is 0 Å². The van der Waals surface area contributed by atoms with Gasteiger partial charge in [0.2, 0.25) is 5.91 Å². The van der Waals surface area contributed by atoms with Gasteiger partial charge in [0.05, 0.1) is 12.7 Å². The van der Waals surface area contributed by atoms with Crippen LogP contribution in [-0.4, -0.2) is 26.2 Å². The summed E-state index contributed by atoms with van der Waals surface area (Å²) in [4.78, 5) is 12.0. The number of hydrogen-bond acceptors (Lipinski definition) is 4. The summed E-state index contributed by atoms with van der Waals surface area (Å²) in [6.45, 7) is 0.689. The lowest BCUT2D eigenvalue weighted by Crippen LogP contribution is -2.11. The van der Waals surface area contributed by atoms with Crippen LogP contribution in [-0.2, 0) is 11.0 Å². The number of anilines is 1. The summed E-state index contributed by atoms with van der Waals surface area (Å²) in [6, 6.07) is 9.38. The highest BCUT2D eigenvalue weighted by Gasteiger charge is 2.29. The number of carbonyl (C=O) groups is 1. The van der Waals surface area contributed by atoms with Crippen LogP contribution in [0.2, 0.25) is 0 Å². The molecule has 27 heavy (non-hydrogen) atoms. The summed E-state index contributed by atoms with van der Waals surface area (Å²) in [5.74, 6) is 0.502. The molecule has 0 saturated heterocycles. The average Bonchev–Trinajstić information content (AvgIpc) is 2.64. The Labute approximate surface area is 154 Å². The van der Waals surface area contributed by atoms with E-state index >= 15 is 0 Å². The number of amides is 1. The predicted octanol–water partition coefficient (Wildman–Crippen LogP) is 3.70. The van der Waals surface area contributed by atoms with E-state index in [1.54, 1.807) is 18.2 Å². The van der Waals surface area contributed by atoms with Gasteiger partial charge in [0.15, 0.2) is 11.5 Å².